The van der Waals surface area contributed by atoms with E-state index in [2.05, 4.69) is 0 Å². The zero-order valence-corrected chi connectivity index (χ0v) is 21.3. The Morgan fingerprint density at radius 2 is 1.71 bits per heavy atom. The van der Waals surface area contributed by atoms with Gasteiger partial charge in [-0.1, -0.05) is 31.4 Å². The van der Waals surface area contributed by atoms with E-state index < -0.39 is 10.0 Å². The molecular weight excluding hydrogens is 448 g/mol. The van der Waals surface area contributed by atoms with Gasteiger partial charge < -0.3 is 9.47 Å². The molecule has 1 saturated carbocycles. The topological polar surface area (TPSA) is 75.5 Å². The second-order valence-electron chi connectivity index (χ2n) is 9.34. The molecule has 0 aliphatic heterocycles. The molecule has 1 fully saturated rings. The van der Waals surface area contributed by atoms with Gasteiger partial charge in [-0.3, -0.25) is 4.79 Å². The number of sulfonamides is 1. The number of hydrogen-bond acceptors (Lipinski definition) is 4. The van der Waals surface area contributed by atoms with E-state index in [9.17, 15) is 13.2 Å². The molecule has 1 heterocycles. The van der Waals surface area contributed by atoms with E-state index in [1.807, 2.05) is 29.7 Å². The Hall–Kier alpha value is -2.71. The summed E-state index contributed by atoms with van der Waals surface area (Å²) in [7, 11) is 1.35. The molecule has 0 radical (unpaired) electrons. The van der Waals surface area contributed by atoms with E-state index in [0.717, 1.165) is 5.52 Å². The van der Waals surface area contributed by atoms with Crippen LogP contribution in [-0.4, -0.2) is 54.2 Å². The van der Waals surface area contributed by atoms with E-state index in [1.54, 1.807) is 45.4 Å². The largest absolute Gasteiger partial charge is 0.345 e. The summed E-state index contributed by atoms with van der Waals surface area (Å²) in [4.78, 5) is 18.9. The van der Waals surface area contributed by atoms with Crippen molar-refractivity contribution in [3.63, 3.8) is 0 Å². The van der Waals surface area contributed by atoms with Gasteiger partial charge in [-0.15, -0.1) is 0 Å². The van der Waals surface area contributed by atoms with Crippen LogP contribution in [0.2, 0.25) is 0 Å². The second-order valence-corrected chi connectivity index (χ2v) is 11.4. The first-order valence-electron chi connectivity index (χ1n) is 12.0. The van der Waals surface area contributed by atoms with Gasteiger partial charge in [0.1, 0.15) is 5.82 Å². The predicted molar refractivity (Wildman–Crippen MR) is 134 cm³/mol. The van der Waals surface area contributed by atoms with Gasteiger partial charge >= 0.3 is 0 Å². The lowest BCUT2D eigenvalue weighted by Crippen LogP contribution is -2.28. The van der Waals surface area contributed by atoms with Crippen molar-refractivity contribution in [3.8, 4) is 0 Å². The average Bonchev–Trinajstić information content (AvgIpc) is 3.20. The minimum absolute atomic E-state index is 0.0918. The highest BCUT2D eigenvalue weighted by atomic mass is 32.2. The Bertz CT molecular complexity index is 1270. The number of hydrogen-bond donors (Lipinski definition) is 0. The van der Waals surface area contributed by atoms with Crippen molar-refractivity contribution in [2.75, 3.05) is 21.1 Å². The van der Waals surface area contributed by atoms with Crippen LogP contribution < -0.4 is 0 Å². The fraction of sp³-hybridized carbons (Fsp3) is 0.462. The molecule has 1 aliphatic rings. The van der Waals surface area contributed by atoms with Crippen molar-refractivity contribution in [1.29, 1.82) is 0 Å². The third-order valence-corrected chi connectivity index (χ3v) is 8.64. The molecule has 0 N–H and O–H groups in total. The lowest BCUT2D eigenvalue weighted by Gasteiger charge is -2.22. The molecule has 2 aromatic carbocycles. The smallest absolute Gasteiger partial charge is 0.253 e. The number of nitrogens with zero attached hydrogens (tertiary/aromatic N) is 4. The Labute approximate surface area is 202 Å². The first-order chi connectivity index (χ1) is 16.2. The summed E-state index contributed by atoms with van der Waals surface area (Å²) in [6.45, 7) is 2.80. The Morgan fingerprint density at radius 1 is 1.03 bits per heavy atom. The second kappa shape index (κ2) is 9.88. The maximum absolute atomic E-state index is 13.3. The van der Waals surface area contributed by atoms with Gasteiger partial charge in [-0.2, -0.15) is 4.31 Å². The van der Waals surface area contributed by atoms with Crippen molar-refractivity contribution in [1.82, 2.24) is 18.8 Å². The number of carbonyl (C=O) groups is 1. The molecule has 34 heavy (non-hydrogen) atoms. The lowest BCUT2D eigenvalue weighted by molar-refractivity contribution is 0.0827. The van der Waals surface area contributed by atoms with E-state index in [1.165, 1.54) is 46.9 Å². The Morgan fingerprint density at radius 3 is 2.32 bits per heavy atom. The fourth-order valence-corrected chi connectivity index (χ4v) is 5.98. The summed E-state index contributed by atoms with van der Waals surface area (Å²) in [5, 5.41) is 0. The summed E-state index contributed by atoms with van der Waals surface area (Å²) in [6, 6.07) is 12.9. The molecule has 182 valence electrons. The average molecular weight is 483 g/mol. The monoisotopic (exact) mass is 482 g/mol. The van der Waals surface area contributed by atoms with Crippen LogP contribution in [0.25, 0.3) is 11.0 Å². The van der Waals surface area contributed by atoms with Crippen LogP contribution in [0.15, 0.2) is 47.4 Å². The zero-order chi connectivity index (χ0) is 24.5. The summed E-state index contributed by atoms with van der Waals surface area (Å²) in [5.74, 6) is 1.10. The van der Waals surface area contributed by atoms with Crippen molar-refractivity contribution < 1.29 is 13.2 Å². The first kappa shape index (κ1) is 24.4. The quantitative estimate of drug-likeness (QED) is 0.492. The number of imidazole rings is 1. The van der Waals surface area contributed by atoms with E-state index in [4.69, 9.17) is 4.98 Å². The standard InChI is InChI=1S/C26H34N4O3S/c1-5-30-24-16-13-21(26(31)28(2)3)17-23(24)27-25(30)18-29(4)34(32,33)22-14-11-20(12-15-22)19-9-7-6-8-10-19/h11-17,19H,5-10,18H2,1-4H3. The number of aromatic nitrogens is 2. The van der Waals surface area contributed by atoms with Gasteiger partial charge in [0.2, 0.25) is 10.0 Å². The minimum atomic E-state index is -3.66. The Balaban J connectivity index is 1.57. The van der Waals surface area contributed by atoms with Crippen LogP contribution in [-0.2, 0) is 23.1 Å². The number of aryl methyl sites for hydroxylation is 1. The van der Waals surface area contributed by atoms with Gasteiger partial charge in [0, 0.05) is 33.3 Å². The third-order valence-electron chi connectivity index (χ3n) is 6.83. The van der Waals surface area contributed by atoms with Gasteiger partial charge in [-0.05, 0) is 61.6 Å². The van der Waals surface area contributed by atoms with Crippen LogP contribution in [0.1, 0.15) is 66.7 Å². The summed E-state index contributed by atoms with van der Waals surface area (Å²) < 4.78 is 29.9. The molecule has 0 bridgehead atoms. The molecule has 0 unspecified atom stereocenters. The first-order valence-corrected chi connectivity index (χ1v) is 13.4. The molecule has 8 heteroatoms. The molecule has 7 nitrogen and oxygen atoms in total. The summed E-state index contributed by atoms with van der Waals surface area (Å²) in [5.41, 5.74) is 3.36. The highest BCUT2D eigenvalue weighted by Gasteiger charge is 2.24. The van der Waals surface area contributed by atoms with Crippen LogP contribution in [0, 0.1) is 0 Å². The highest BCUT2D eigenvalue weighted by Crippen LogP contribution is 2.33. The van der Waals surface area contributed by atoms with Crippen LogP contribution in [0.4, 0.5) is 0 Å². The van der Waals surface area contributed by atoms with Crippen LogP contribution in [0.3, 0.4) is 0 Å². The summed E-state index contributed by atoms with van der Waals surface area (Å²) in [6.07, 6.45) is 6.15. The molecule has 4 rings (SSSR count). The molecule has 3 aromatic rings. The maximum Gasteiger partial charge on any atom is 0.253 e. The van der Waals surface area contributed by atoms with Gasteiger partial charge in [0.25, 0.3) is 5.91 Å². The number of benzene rings is 2. The van der Waals surface area contributed by atoms with Crippen molar-refractivity contribution in [2.45, 2.75) is 62.9 Å². The minimum Gasteiger partial charge on any atom is -0.345 e. The van der Waals surface area contributed by atoms with Gasteiger partial charge in [0.15, 0.2) is 0 Å². The number of carbonyl (C=O) groups excluding carboxylic acids is 1. The highest BCUT2D eigenvalue weighted by molar-refractivity contribution is 7.89. The van der Waals surface area contributed by atoms with E-state index in [-0.39, 0.29) is 12.5 Å². The normalized spacial score (nSPS) is 15.2. The van der Waals surface area contributed by atoms with Crippen molar-refractivity contribution >= 4 is 27.0 Å². The van der Waals surface area contributed by atoms with Crippen molar-refractivity contribution in [2.24, 2.45) is 0 Å². The molecule has 0 atom stereocenters. The molecule has 0 saturated heterocycles. The Kier molecular flexibility index (Phi) is 7.09. The predicted octanol–water partition coefficient (Wildman–Crippen LogP) is 4.63. The molecule has 1 aliphatic carbocycles. The van der Waals surface area contributed by atoms with Crippen molar-refractivity contribution in [3.05, 3.63) is 59.4 Å². The summed E-state index contributed by atoms with van der Waals surface area (Å²) >= 11 is 0. The maximum atomic E-state index is 13.3. The van der Waals surface area contributed by atoms with E-state index >= 15 is 0 Å². The molecule has 1 amide bonds. The number of rotatable bonds is 7. The van der Waals surface area contributed by atoms with Crippen LogP contribution >= 0.6 is 0 Å². The number of amides is 1. The van der Waals surface area contributed by atoms with Gasteiger partial charge in [0.05, 0.1) is 22.5 Å². The van der Waals surface area contributed by atoms with Crippen LogP contribution in [0.5, 0.6) is 0 Å². The SMILES string of the molecule is CCn1c(CN(C)S(=O)(=O)c2ccc(C3CCCCC3)cc2)nc2cc(C(=O)N(C)C)ccc21. The molecule has 1 aromatic heterocycles. The van der Waals surface area contributed by atoms with Gasteiger partial charge in [-0.25, -0.2) is 13.4 Å². The molecule has 0 spiro atoms. The van der Waals surface area contributed by atoms with E-state index in [0.29, 0.717) is 34.3 Å². The lowest BCUT2D eigenvalue weighted by atomic mass is 9.84. The molecular formula is C26H34N4O3S. The fourth-order valence-electron chi connectivity index (χ4n) is 4.86. The third kappa shape index (κ3) is 4.74. The zero-order valence-electron chi connectivity index (χ0n) is 20.5. The number of fused-ring (bicyclic) bond motifs is 1.